The van der Waals surface area contributed by atoms with Crippen molar-refractivity contribution in [2.45, 2.75) is 13.3 Å². The molecule has 1 atom stereocenters. The van der Waals surface area contributed by atoms with Crippen molar-refractivity contribution < 1.29 is 9.90 Å². The van der Waals surface area contributed by atoms with Gasteiger partial charge >= 0.3 is 0 Å². The van der Waals surface area contributed by atoms with Gasteiger partial charge in [-0.1, -0.05) is 6.92 Å². The Morgan fingerprint density at radius 3 is 3.06 bits per heavy atom. The van der Waals surface area contributed by atoms with Crippen LogP contribution in [0.15, 0.2) is 0 Å². The van der Waals surface area contributed by atoms with Gasteiger partial charge in [0, 0.05) is 26.2 Å². The first-order valence-electron chi connectivity index (χ1n) is 5.91. The summed E-state index contributed by atoms with van der Waals surface area (Å²) in [6.45, 7) is 5.82. The number of hydrogen-bond acceptors (Lipinski definition) is 4. The molecule has 1 aliphatic rings. The van der Waals surface area contributed by atoms with Crippen molar-refractivity contribution >= 4 is 17.7 Å². The molecular formula is C11H22N2O2S. The zero-order valence-electron chi connectivity index (χ0n) is 9.95. The number of carbonyl (C=O) groups excluding carboxylic acids is 1. The number of carbonyl (C=O) groups is 1. The third-order valence-corrected chi connectivity index (χ3v) is 3.89. The summed E-state index contributed by atoms with van der Waals surface area (Å²) in [5.74, 6) is 1.92. The van der Waals surface area contributed by atoms with Gasteiger partial charge in [0.25, 0.3) is 0 Å². The summed E-state index contributed by atoms with van der Waals surface area (Å²) in [5.41, 5.74) is 0. The second kappa shape index (κ2) is 7.92. The molecule has 16 heavy (non-hydrogen) atoms. The lowest BCUT2D eigenvalue weighted by Gasteiger charge is -2.19. The van der Waals surface area contributed by atoms with Crippen molar-refractivity contribution in [3.8, 4) is 0 Å². The third-order valence-electron chi connectivity index (χ3n) is 2.63. The molecule has 0 bridgehead atoms. The molecule has 1 saturated heterocycles. The molecule has 4 nitrogen and oxygen atoms in total. The largest absolute Gasteiger partial charge is 0.396 e. The molecule has 2 N–H and O–H groups in total. The lowest BCUT2D eigenvalue weighted by molar-refractivity contribution is -0.128. The van der Waals surface area contributed by atoms with Crippen LogP contribution in [0.5, 0.6) is 0 Å². The smallest absolute Gasteiger partial charge is 0.232 e. The average molecular weight is 246 g/mol. The summed E-state index contributed by atoms with van der Waals surface area (Å²) < 4.78 is 0. The molecule has 1 heterocycles. The quantitative estimate of drug-likeness (QED) is 0.726. The van der Waals surface area contributed by atoms with Crippen molar-refractivity contribution in [1.29, 1.82) is 0 Å². The molecule has 0 aromatic carbocycles. The molecule has 94 valence electrons. The highest BCUT2D eigenvalue weighted by molar-refractivity contribution is 7.99. The van der Waals surface area contributed by atoms with Crippen LogP contribution in [0.3, 0.4) is 0 Å². The number of nitrogens with zero attached hydrogens (tertiary/aromatic N) is 1. The lowest BCUT2D eigenvalue weighted by atomic mass is 10.2. The first-order chi connectivity index (χ1) is 7.74. The molecular weight excluding hydrogens is 224 g/mol. The van der Waals surface area contributed by atoms with E-state index in [4.69, 9.17) is 5.11 Å². The molecule has 0 spiro atoms. The number of aliphatic hydroxyl groups is 1. The Bertz CT molecular complexity index is 206. The summed E-state index contributed by atoms with van der Waals surface area (Å²) >= 11 is 1.62. The molecule has 0 aromatic heterocycles. The Hall–Kier alpha value is -0.260. The van der Waals surface area contributed by atoms with E-state index in [-0.39, 0.29) is 18.4 Å². The fourth-order valence-corrected chi connectivity index (χ4v) is 2.57. The van der Waals surface area contributed by atoms with Crippen LogP contribution in [0, 0.1) is 5.92 Å². The van der Waals surface area contributed by atoms with Gasteiger partial charge in [-0.05, 0) is 24.6 Å². The highest BCUT2D eigenvalue weighted by Gasteiger charge is 2.15. The standard InChI is InChI=1S/C11H22N2O2S/c1-10(7-14)8-16-9-11(15)13-5-2-3-12-4-6-13/h10,12,14H,2-9H2,1H3. The van der Waals surface area contributed by atoms with Crippen molar-refractivity contribution in [3.05, 3.63) is 0 Å². The Labute approximate surface area is 102 Å². The monoisotopic (exact) mass is 246 g/mol. The van der Waals surface area contributed by atoms with Crippen LogP contribution in [-0.4, -0.2) is 60.2 Å². The molecule has 0 aromatic rings. The number of rotatable bonds is 5. The first kappa shape index (κ1) is 13.8. The van der Waals surface area contributed by atoms with E-state index in [2.05, 4.69) is 5.32 Å². The van der Waals surface area contributed by atoms with Crippen LogP contribution >= 0.6 is 11.8 Å². The number of hydrogen-bond donors (Lipinski definition) is 2. The second-order valence-corrected chi connectivity index (χ2v) is 5.32. The number of thioether (sulfide) groups is 1. The fourth-order valence-electron chi connectivity index (χ4n) is 1.59. The second-order valence-electron chi connectivity index (χ2n) is 4.29. The van der Waals surface area contributed by atoms with E-state index < -0.39 is 0 Å². The van der Waals surface area contributed by atoms with Crippen LogP contribution in [0.2, 0.25) is 0 Å². The van der Waals surface area contributed by atoms with E-state index >= 15 is 0 Å². The van der Waals surface area contributed by atoms with Gasteiger partial charge in [0.1, 0.15) is 0 Å². The van der Waals surface area contributed by atoms with Crippen molar-refractivity contribution in [2.75, 3.05) is 44.3 Å². The zero-order chi connectivity index (χ0) is 11.8. The molecule has 5 heteroatoms. The van der Waals surface area contributed by atoms with Crippen LogP contribution in [0.25, 0.3) is 0 Å². The van der Waals surface area contributed by atoms with E-state index in [1.165, 1.54) is 0 Å². The Balaban J connectivity index is 2.17. The molecule has 1 rings (SSSR count). The number of nitrogens with one attached hydrogen (secondary N) is 1. The van der Waals surface area contributed by atoms with Crippen LogP contribution in [0.4, 0.5) is 0 Å². The van der Waals surface area contributed by atoms with E-state index in [0.717, 1.165) is 38.4 Å². The summed E-state index contributed by atoms with van der Waals surface area (Å²) in [6, 6.07) is 0. The van der Waals surface area contributed by atoms with Gasteiger partial charge in [0.2, 0.25) is 5.91 Å². The Morgan fingerprint density at radius 2 is 2.31 bits per heavy atom. The Morgan fingerprint density at radius 1 is 1.50 bits per heavy atom. The molecule has 1 amide bonds. The first-order valence-corrected chi connectivity index (χ1v) is 7.06. The summed E-state index contributed by atoms with van der Waals surface area (Å²) in [4.78, 5) is 13.8. The SMILES string of the molecule is CC(CO)CSCC(=O)N1CCCNCC1. The molecule has 0 aliphatic carbocycles. The normalized spacial score (nSPS) is 19.2. The van der Waals surface area contributed by atoms with Gasteiger partial charge in [-0.2, -0.15) is 11.8 Å². The topological polar surface area (TPSA) is 52.6 Å². The molecule has 0 saturated carbocycles. The van der Waals surface area contributed by atoms with Gasteiger partial charge < -0.3 is 15.3 Å². The minimum Gasteiger partial charge on any atom is -0.396 e. The maximum Gasteiger partial charge on any atom is 0.232 e. The van der Waals surface area contributed by atoms with Crippen molar-refractivity contribution in [2.24, 2.45) is 5.92 Å². The molecule has 0 radical (unpaired) electrons. The highest BCUT2D eigenvalue weighted by Crippen LogP contribution is 2.09. The summed E-state index contributed by atoms with van der Waals surface area (Å²) in [7, 11) is 0. The van der Waals surface area contributed by atoms with Crippen LogP contribution < -0.4 is 5.32 Å². The predicted octanol–water partition coefficient (Wildman–Crippen LogP) is 0.170. The minimum atomic E-state index is 0.203. The van der Waals surface area contributed by atoms with Gasteiger partial charge in [-0.15, -0.1) is 0 Å². The third kappa shape index (κ3) is 5.18. The summed E-state index contributed by atoms with van der Waals surface area (Å²) in [6.07, 6.45) is 1.05. The van der Waals surface area contributed by atoms with Crippen molar-refractivity contribution in [1.82, 2.24) is 10.2 Å². The average Bonchev–Trinajstić information content (AvgIpc) is 2.57. The molecule has 1 fully saturated rings. The highest BCUT2D eigenvalue weighted by atomic mass is 32.2. The van der Waals surface area contributed by atoms with E-state index in [1.807, 2.05) is 11.8 Å². The zero-order valence-corrected chi connectivity index (χ0v) is 10.8. The van der Waals surface area contributed by atoms with Gasteiger partial charge in [0.05, 0.1) is 5.75 Å². The van der Waals surface area contributed by atoms with Gasteiger partial charge in [-0.3, -0.25) is 4.79 Å². The Kier molecular flexibility index (Phi) is 6.84. The number of aliphatic hydroxyl groups excluding tert-OH is 1. The van der Waals surface area contributed by atoms with E-state index in [1.54, 1.807) is 11.8 Å². The van der Waals surface area contributed by atoms with E-state index in [9.17, 15) is 4.79 Å². The van der Waals surface area contributed by atoms with Gasteiger partial charge in [0.15, 0.2) is 0 Å². The van der Waals surface area contributed by atoms with Crippen LogP contribution in [0.1, 0.15) is 13.3 Å². The van der Waals surface area contributed by atoms with Gasteiger partial charge in [-0.25, -0.2) is 0 Å². The number of amides is 1. The molecule has 1 aliphatic heterocycles. The van der Waals surface area contributed by atoms with Crippen molar-refractivity contribution in [3.63, 3.8) is 0 Å². The van der Waals surface area contributed by atoms with Crippen LogP contribution in [-0.2, 0) is 4.79 Å². The minimum absolute atomic E-state index is 0.203. The predicted molar refractivity (Wildman–Crippen MR) is 67.6 cm³/mol. The summed E-state index contributed by atoms with van der Waals surface area (Å²) in [5, 5.41) is 12.2. The van der Waals surface area contributed by atoms with E-state index in [0.29, 0.717) is 5.75 Å². The maximum atomic E-state index is 11.8. The fraction of sp³-hybridized carbons (Fsp3) is 0.909. The maximum absolute atomic E-state index is 11.8. The molecule has 1 unspecified atom stereocenters. The lowest BCUT2D eigenvalue weighted by Crippen LogP contribution is -2.35.